The molecule has 0 spiro atoms. The lowest BCUT2D eigenvalue weighted by Crippen LogP contribution is -2.23. The standard InChI is InChI=1S/C23H22N4O3S/c1-29-22-11-17(7-8-21(22)30-14-20-15-31-16-25-20)23(28)24-12-18-5-2-3-6-19(18)13-27-10-4-9-26-27/h2-11,15-16H,12-14H2,1H3,(H,24,28). The number of nitrogens with zero attached hydrogens (tertiary/aromatic N) is 3. The van der Waals surface area contributed by atoms with Crippen molar-refractivity contribution in [2.24, 2.45) is 0 Å². The van der Waals surface area contributed by atoms with Crippen LogP contribution in [0.15, 0.2) is 71.8 Å². The van der Waals surface area contributed by atoms with E-state index in [0.29, 0.717) is 36.8 Å². The third-order valence-corrected chi connectivity index (χ3v) is 5.37. The summed E-state index contributed by atoms with van der Waals surface area (Å²) in [6.07, 6.45) is 3.67. The van der Waals surface area contributed by atoms with Crippen molar-refractivity contribution in [3.63, 3.8) is 0 Å². The number of carbonyl (C=O) groups is 1. The molecule has 4 aromatic rings. The van der Waals surface area contributed by atoms with E-state index < -0.39 is 0 Å². The van der Waals surface area contributed by atoms with E-state index in [1.54, 1.807) is 37.0 Å². The molecule has 1 amide bonds. The summed E-state index contributed by atoms with van der Waals surface area (Å²) in [4.78, 5) is 16.9. The van der Waals surface area contributed by atoms with Gasteiger partial charge in [0.15, 0.2) is 11.5 Å². The van der Waals surface area contributed by atoms with E-state index in [0.717, 1.165) is 16.8 Å². The quantitative estimate of drug-likeness (QED) is 0.432. The van der Waals surface area contributed by atoms with Crippen molar-refractivity contribution in [3.05, 3.63) is 94.2 Å². The van der Waals surface area contributed by atoms with Crippen LogP contribution in [0.3, 0.4) is 0 Å². The van der Waals surface area contributed by atoms with Crippen molar-refractivity contribution < 1.29 is 14.3 Å². The van der Waals surface area contributed by atoms with Crippen molar-refractivity contribution >= 4 is 17.2 Å². The molecule has 0 saturated heterocycles. The summed E-state index contributed by atoms with van der Waals surface area (Å²) < 4.78 is 13.1. The molecule has 8 heteroatoms. The van der Waals surface area contributed by atoms with Crippen LogP contribution in [-0.2, 0) is 19.7 Å². The van der Waals surface area contributed by atoms with Crippen molar-refractivity contribution in [3.8, 4) is 11.5 Å². The van der Waals surface area contributed by atoms with Crippen LogP contribution in [0.5, 0.6) is 11.5 Å². The van der Waals surface area contributed by atoms with Crippen LogP contribution >= 0.6 is 11.3 Å². The topological polar surface area (TPSA) is 78.3 Å². The Morgan fingerprint density at radius 3 is 2.74 bits per heavy atom. The van der Waals surface area contributed by atoms with Crippen molar-refractivity contribution in [2.75, 3.05) is 7.11 Å². The van der Waals surface area contributed by atoms with Crippen LogP contribution in [0.25, 0.3) is 0 Å². The summed E-state index contributed by atoms with van der Waals surface area (Å²) in [5.41, 5.74) is 5.26. The smallest absolute Gasteiger partial charge is 0.251 e. The summed E-state index contributed by atoms with van der Waals surface area (Å²) >= 11 is 1.52. The van der Waals surface area contributed by atoms with Gasteiger partial charge in [0.25, 0.3) is 5.91 Å². The second-order valence-corrected chi connectivity index (χ2v) is 7.51. The third kappa shape index (κ3) is 5.29. The number of carbonyl (C=O) groups excluding carboxylic acids is 1. The molecule has 0 saturated carbocycles. The van der Waals surface area contributed by atoms with E-state index in [4.69, 9.17) is 9.47 Å². The molecule has 2 aromatic carbocycles. The van der Waals surface area contributed by atoms with E-state index in [1.807, 2.05) is 46.6 Å². The Morgan fingerprint density at radius 1 is 1.13 bits per heavy atom. The molecule has 0 aliphatic carbocycles. The van der Waals surface area contributed by atoms with Crippen molar-refractivity contribution in [2.45, 2.75) is 19.7 Å². The Bertz CT molecular complexity index is 1130. The molecule has 0 fully saturated rings. The molecule has 4 rings (SSSR count). The lowest BCUT2D eigenvalue weighted by Gasteiger charge is -2.13. The van der Waals surface area contributed by atoms with Crippen LogP contribution in [0.2, 0.25) is 0 Å². The highest BCUT2D eigenvalue weighted by molar-refractivity contribution is 7.07. The Hall–Kier alpha value is -3.65. The molecular weight excluding hydrogens is 412 g/mol. The first-order valence-corrected chi connectivity index (χ1v) is 10.7. The summed E-state index contributed by atoms with van der Waals surface area (Å²) in [7, 11) is 1.55. The van der Waals surface area contributed by atoms with Gasteiger partial charge in [0.1, 0.15) is 6.61 Å². The predicted molar refractivity (Wildman–Crippen MR) is 118 cm³/mol. The molecule has 2 aromatic heterocycles. The number of thiazole rings is 1. The van der Waals surface area contributed by atoms with Gasteiger partial charge in [0.05, 0.1) is 24.9 Å². The number of benzene rings is 2. The van der Waals surface area contributed by atoms with E-state index in [9.17, 15) is 4.79 Å². The van der Waals surface area contributed by atoms with Crippen molar-refractivity contribution in [1.29, 1.82) is 0 Å². The summed E-state index contributed by atoms with van der Waals surface area (Å²) in [5.74, 6) is 0.886. The average molecular weight is 435 g/mol. The van der Waals surface area contributed by atoms with E-state index >= 15 is 0 Å². The molecular formula is C23H22N4O3S. The minimum absolute atomic E-state index is 0.182. The number of aromatic nitrogens is 3. The minimum atomic E-state index is -0.182. The van der Waals surface area contributed by atoms with Gasteiger partial charge in [-0.2, -0.15) is 5.10 Å². The molecule has 0 bridgehead atoms. The van der Waals surface area contributed by atoms with E-state index in [-0.39, 0.29) is 5.91 Å². The van der Waals surface area contributed by atoms with Gasteiger partial charge in [-0.25, -0.2) is 4.98 Å². The number of methoxy groups -OCH3 is 1. The highest BCUT2D eigenvalue weighted by atomic mass is 32.1. The minimum Gasteiger partial charge on any atom is -0.493 e. The predicted octanol–water partition coefficient (Wildman–Crippen LogP) is 3.91. The molecule has 158 valence electrons. The summed E-state index contributed by atoms with van der Waals surface area (Å²) in [5, 5.41) is 9.17. The lowest BCUT2D eigenvalue weighted by molar-refractivity contribution is 0.0950. The Balaban J connectivity index is 1.41. The number of ether oxygens (including phenoxy) is 2. The average Bonchev–Trinajstić information content (AvgIpc) is 3.51. The zero-order valence-electron chi connectivity index (χ0n) is 17.0. The van der Waals surface area contributed by atoms with Crippen molar-refractivity contribution in [1.82, 2.24) is 20.1 Å². The normalized spacial score (nSPS) is 10.6. The maximum atomic E-state index is 12.7. The Kier molecular flexibility index (Phi) is 6.59. The molecule has 0 atom stereocenters. The molecule has 0 radical (unpaired) electrons. The lowest BCUT2D eigenvalue weighted by atomic mass is 10.1. The SMILES string of the molecule is COc1cc(C(=O)NCc2ccccc2Cn2cccn2)ccc1OCc1cscn1. The molecule has 7 nitrogen and oxygen atoms in total. The zero-order chi connectivity index (χ0) is 21.5. The third-order valence-electron chi connectivity index (χ3n) is 4.73. The van der Waals surface area contributed by atoms with Crippen LogP contribution in [0.1, 0.15) is 27.2 Å². The van der Waals surface area contributed by atoms with Gasteiger partial charge < -0.3 is 14.8 Å². The van der Waals surface area contributed by atoms with Crippen LogP contribution in [0, 0.1) is 0 Å². The highest BCUT2D eigenvalue weighted by Crippen LogP contribution is 2.29. The van der Waals surface area contributed by atoms with Gasteiger partial charge in [-0.05, 0) is 35.4 Å². The van der Waals surface area contributed by atoms with Gasteiger partial charge in [-0.1, -0.05) is 24.3 Å². The van der Waals surface area contributed by atoms with Crippen LogP contribution < -0.4 is 14.8 Å². The van der Waals surface area contributed by atoms with Gasteiger partial charge >= 0.3 is 0 Å². The molecule has 0 unspecified atom stereocenters. The number of hydrogen-bond acceptors (Lipinski definition) is 6. The number of amides is 1. The second kappa shape index (κ2) is 9.90. The fourth-order valence-corrected chi connectivity index (χ4v) is 3.66. The Labute approximate surface area is 184 Å². The van der Waals surface area contributed by atoms with Gasteiger partial charge in [-0.3, -0.25) is 9.48 Å². The van der Waals surface area contributed by atoms with Crippen LogP contribution in [-0.4, -0.2) is 27.8 Å². The molecule has 2 heterocycles. The fraction of sp³-hybridized carbons (Fsp3) is 0.174. The molecule has 0 aliphatic heterocycles. The zero-order valence-corrected chi connectivity index (χ0v) is 17.8. The highest BCUT2D eigenvalue weighted by Gasteiger charge is 2.12. The monoisotopic (exact) mass is 434 g/mol. The van der Waals surface area contributed by atoms with Crippen LogP contribution in [0.4, 0.5) is 0 Å². The second-order valence-electron chi connectivity index (χ2n) is 6.79. The number of nitrogens with one attached hydrogen (secondary N) is 1. The first-order chi connectivity index (χ1) is 15.2. The Morgan fingerprint density at radius 2 is 2.00 bits per heavy atom. The first-order valence-electron chi connectivity index (χ1n) is 9.73. The fourth-order valence-electron chi connectivity index (χ4n) is 3.12. The number of rotatable bonds is 9. The first kappa shape index (κ1) is 20.6. The number of hydrogen-bond donors (Lipinski definition) is 1. The summed E-state index contributed by atoms with van der Waals surface area (Å²) in [6, 6.07) is 15.0. The van der Waals surface area contributed by atoms with Gasteiger partial charge in [0.2, 0.25) is 0 Å². The molecule has 0 aliphatic rings. The maximum Gasteiger partial charge on any atom is 0.251 e. The van der Waals surface area contributed by atoms with E-state index in [2.05, 4.69) is 15.4 Å². The summed E-state index contributed by atoms with van der Waals surface area (Å²) in [6.45, 7) is 1.41. The largest absolute Gasteiger partial charge is 0.493 e. The molecule has 31 heavy (non-hydrogen) atoms. The maximum absolute atomic E-state index is 12.7. The van der Waals surface area contributed by atoms with Gasteiger partial charge in [-0.15, -0.1) is 11.3 Å². The van der Waals surface area contributed by atoms with E-state index in [1.165, 1.54) is 11.3 Å². The van der Waals surface area contributed by atoms with Gasteiger partial charge in [0, 0.05) is 29.9 Å². The molecule has 1 N–H and O–H groups in total.